The number of hydrogen-bond donors (Lipinski definition) is 2. The van der Waals surface area contributed by atoms with Gasteiger partial charge in [-0.1, -0.05) is 5.92 Å². The molecular formula is C9H9NS. The van der Waals surface area contributed by atoms with Crippen LogP contribution in [0, 0.1) is 12.3 Å². The zero-order valence-corrected chi connectivity index (χ0v) is 6.94. The Morgan fingerprint density at radius 2 is 2.18 bits per heavy atom. The Kier molecular flexibility index (Phi) is 2.45. The molecule has 0 atom stereocenters. The van der Waals surface area contributed by atoms with Crippen molar-refractivity contribution >= 4 is 18.3 Å². The number of rotatable bonds is 1. The summed E-state index contributed by atoms with van der Waals surface area (Å²) in [6.07, 6.45) is 5.21. The van der Waals surface area contributed by atoms with Crippen LogP contribution >= 0.6 is 12.6 Å². The van der Waals surface area contributed by atoms with E-state index in [0.717, 1.165) is 11.1 Å². The third kappa shape index (κ3) is 1.92. The van der Waals surface area contributed by atoms with E-state index < -0.39 is 0 Å². The number of terminal acetylenes is 1. The van der Waals surface area contributed by atoms with Gasteiger partial charge in [0.05, 0.1) is 0 Å². The first-order valence-electron chi connectivity index (χ1n) is 3.23. The summed E-state index contributed by atoms with van der Waals surface area (Å²) in [4.78, 5) is 0. The molecule has 1 rings (SSSR count). The van der Waals surface area contributed by atoms with Gasteiger partial charge in [0.1, 0.15) is 0 Å². The van der Waals surface area contributed by atoms with Crippen molar-refractivity contribution in [3.8, 4) is 12.3 Å². The van der Waals surface area contributed by atoms with Crippen molar-refractivity contribution in [1.82, 2.24) is 0 Å². The molecule has 56 valence electrons. The highest BCUT2D eigenvalue weighted by molar-refractivity contribution is 7.79. The Morgan fingerprint density at radius 1 is 1.45 bits per heavy atom. The predicted octanol–water partition coefficient (Wildman–Crippen LogP) is 1.68. The van der Waals surface area contributed by atoms with E-state index in [1.165, 1.54) is 0 Å². The normalized spacial score (nSPS) is 9.09. The van der Waals surface area contributed by atoms with E-state index in [-0.39, 0.29) is 0 Å². The summed E-state index contributed by atoms with van der Waals surface area (Å²) in [5.74, 6) is 3.19. The lowest BCUT2D eigenvalue weighted by molar-refractivity contribution is 1.41. The van der Waals surface area contributed by atoms with Gasteiger partial charge in [0.15, 0.2) is 0 Å². The number of nitrogen functional groups attached to an aromatic ring is 1. The Labute approximate surface area is 72.0 Å². The maximum absolute atomic E-state index is 5.58. The third-order valence-corrected chi connectivity index (χ3v) is 1.73. The summed E-state index contributed by atoms with van der Waals surface area (Å²) in [5, 5.41) is 0. The van der Waals surface area contributed by atoms with Gasteiger partial charge in [-0.05, 0) is 23.8 Å². The molecule has 0 aliphatic rings. The quantitative estimate of drug-likeness (QED) is 0.368. The van der Waals surface area contributed by atoms with Crippen LogP contribution in [0.5, 0.6) is 0 Å². The Hall–Kier alpha value is -1.07. The van der Waals surface area contributed by atoms with Crippen LogP contribution in [-0.2, 0) is 5.75 Å². The van der Waals surface area contributed by atoms with Crippen LogP contribution in [0.2, 0.25) is 0 Å². The van der Waals surface area contributed by atoms with E-state index in [9.17, 15) is 0 Å². The van der Waals surface area contributed by atoms with Crippen LogP contribution in [0.3, 0.4) is 0 Å². The van der Waals surface area contributed by atoms with Crippen LogP contribution in [0.15, 0.2) is 18.2 Å². The lowest BCUT2D eigenvalue weighted by Crippen LogP contribution is -1.88. The minimum atomic E-state index is 0.666. The number of nitrogens with two attached hydrogens (primary N) is 1. The molecule has 1 aromatic carbocycles. The summed E-state index contributed by atoms with van der Waals surface area (Å²) in [6, 6.07) is 5.55. The van der Waals surface area contributed by atoms with Gasteiger partial charge in [-0.2, -0.15) is 12.6 Å². The maximum atomic E-state index is 5.58. The highest BCUT2D eigenvalue weighted by Gasteiger charge is 1.94. The lowest BCUT2D eigenvalue weighted by Gasteiger charge is -1.99. The fourth-order valence-corrected chi connectivity index (χ4v) is 1.08. The molecule has 2 heteroatoms. The van der Waals surface area contributed by atoms with Crippen molar-refractivity contribution in [2.45, 2.75) is 5.75 Å². The average Bonchev–Trinajstić information content (AvgIpc) is 2.03. The molecule has 0 aliphatic heterocycles. The van der Waals surface area contributed by atoms with E-state index in [1.807, 2.05) is 12.1 Å². The maximum Gasteiger partial charge on any atom is 0.0329 e. The molecular weight excluding hydrogens is 154 g/mol. The standard InChI is InChI=1S/C9H9NS/c1-2-7-3-8(6-11)5-9(10)4-7/h1,3-5,11H,6,10H2. The zero-order chi connectivity index (χ0) is 8.27. The Bertz CT molecular complexity index is 299. The van der Waals surface area contributed by atoms with Crippen molar-refractivity contribution in [3.63, 3.8) is 0 Å². The summed E-state index contributed by atoms with van der Waals surface area (Å²) in [7, 11) is 0. The first kappa shape index (κ1) is 8.03. The molecule has 1 nitrogen and oxygen atoms in total. The molecule has 0 radical (unpaired) electrons. The molecule has 0 amide bonds. The zero-order valence-electron chi connectivity index (χ0n) is 6.04. The molecule has 11 heavy (non-hydrogen) atoms. The van der Waals surface area contributed by atoms with Gasteiger partial charge < -0.3 is 5.73 Å². The van der Waals surface area contributed by atoms with E-state index in [0.29, 0.717) is 11.4 Å². The lowest BCUT2D eigenvalue weighted by atomic mass is 10.1. The monoisotopic (exact) mass is 163 g/mol. The second kappa shape index (κ2) is 3.36. The largest absolute Gasteiger partial charge is 0.399 e. The molecule has 0 saturated carbocycles. The van der Waals surface area contributed by atoms with Crippen LogP contribution in [-0.4, -0.2) is 0 Å². The van der Waals surface area contributed by atoms with Crippen molar-refractivity contribution in [1.29, 1.82) is 0 Å². The molecule has 0 aliphatic carbocycles. The molecule has 1 aromatic rings. The highest BCUT2D eigenvalue weighted by atomic mass is 32.1. The molecule has 0 bridgehead atoms. The van der Waals surface area contributed by atoms with Crippen LogP contribution in [0.4, 0.5) is 5.69 Å². The molecule has 0 fully saturated rings. The van der Waals surface area contributed by atoms with E-state index >= 15 is 0 Å². The highest BCUT2D eigenvalue weighted by Crippen LogP contribution is 2.12. The first-order chi connectivity index (χ1) is 5.26. The number of thiol groups is 1. The minimum Gasteiger partial charge on any atom is -0.399 e. The van der Waals surface area contributed by atoms with Gasteiger partial charge in [-0.15, -0.1) is 6.42 Å². The number of anilines is 1. The van der Waals surface area contributed by atoms with Crippen LogP contribution in [0.25, 0.3) is 0 Å². The van der Waals surface area contributed by atoms with Crippen molar-refractivity contribution in [2.24, 2.45) is 0 Å². The van der Waals surface area contributed by atoms with Gasteiger partial charge >= 0.3 is 0 Å². The smallest absolute Gasteiger partial charge is 0.0329 e. The van der Waals surface area contributed by atoms with E-state index in [1.54, 1.807) is 6.07 Å². The summed E-state index contributed by atoms with van der Waals surface area (Å²) < 4.78 is 0. The van der Waals surface area contributed by atoms with Crippen LogP contribution < -0.4 is 5.73 Å². The topological polar surface area (TPSA) is 26.0 Å². The summed E-state index contributed by atoms with van der Waals surface area (Å²) >= 11 is 4.12. The Morgan fingerprint density at radius 3 is 2.73 bits per heavy atom. The van der Waals surface area contributed by atoms with Gasteiger partial charge in [0.25, 0.3) is 0 Å². The predicted molar refractivity (Wildman–Crippen MR) is 51.5 cm³/mol. The minimum absolute atomic E-state index is 0.666. The average molecular weight is 163 g/mol. The van der Waals surface area contributed by atoms with Crippen molar-refractivity contribution < 1.29 is 0 Å². The fraction of sp³-hybridized carbons (Fsp3) is 0.111. The molecule has 0 spiro atoms. The van der Waals surface area contributed by atoms with Gasteiger partial charge in [-0.25, -0.2) is 0 Å². The molecule has 0 heterocycles. The Balaban J connectivity index is 3.15. The van der Waals surface area contributed by atoms with E-state index in [4.69, 9.17) is 12.2 Å². The van der Waals surface area contributed by atoms with Gasteiger partial charge in [0.2, 0.25) is 0 Å². The molecule has 0 aromatic heterocycles. The van der Waals surface area contributed by atoms with Crippen LogP contribution in [0.1, 0.15) is 11.1 Å². The molecule has 2 N–H and O–H groups in total. The van der Waals surface area contributed by atoms with Crippen molar-refractivity contribution in [2.75, 3.05) is 5.73 Å². The third-order valence-electron chi connectivity index (χ3n) is 1.36. The second-order valence-corrected chi connectivity index (χ2v) is 2.58. The second-order valence-electron chi connectivity index (χ2n) is 2.27. The fourth-order valence-electron chi connectivity index (χ4n) is 0.893. The molecule has 0 unspecified atom stereocenters. The van der Waals surface area contributed by atoms with Gasteiger partial charge in [-0.3, -0.25) is 0 Å². The van der Waals surface area contributed by atoms with Gasteiger partial charge in [0, 0.05) is 17.0 Å². The number of benzene rings is 1. The first-order valence-corrected chi connectivity index (χ1v) is 3.86. The number of hydrogen-bond acceptors (Lipinski definition) is 2. The summed E-state index contributed by atoms with van der Waals surface area (Å²) in [6.45, 7) is 0. The van der Waals surface area contributed by atoms with E-state index in [2.05, 4.69) is 18.5 Å². The SMILES string of the molecule is C#Cc1cc(N)cc(CS)c1. The van der Waals surface area contributed by atoms with Crippen molar-refractivity contribution in [3.05, 3.63) is 29.3 Å². The molecule has 0 saturated heterocycles. The summed E-state index contributed by atoms with van der Waals surface area (Å²) in [5.41, 5.74) is 8.15.